The predicted molar refractivity (Wildman–Crippen MR) is 133 cm³/mol. The van der Waals surface area contributed by atoms with Gasteiger partial charge in [0, 0.05) is 22.9 Å². The number of hydrogen-bond acceptors (Lipinski definition) is 9. The van der Waals surface area contributed by atoms with Gasteiger partial charge >= 0.3 is 13.5 Å². The molecule has 2 heterocycles. The van der Waals surface area contributed by atoms with Crippen molar-refractivity contribution in [2.24, 2.45) is 5.41 Å². The molecule has 0 fully saturated rings. The minimum absolute atomic E-state index is 0.0101. The van der Waals surface area contributed by atoms with Crippen LogP contribution in [0.25, 0.3) is 0 Å². The van der Waals surface area contributed by atoms with Crippen LogP contribution in [0, 0.1) is 12.3 Å². The van der Waals surface area contributed by atoms with Gasteiger partial charge in [-0.05, 0) is 25.1 Å². The van der Waals surface area contributed by atoms with Gasteiger partial charge in [-0.25, -0.2) is 9.36 Å². The van der Waals surface area contributed by atoms with Gasteiger partial charge in [0.25, 0.3) is 5.56 Å². The fourth-order valence-corrected chi connectivity index (χ4v) is 5.00. The number of nitrogens with zero attached hydrogens (tertiary/aromatic N) is 1. The number of phosphoric ester groups is 1. The summed E-state index contributed by atoms with van der Waals surface area (Å²) < 4.78 is 36.9. The van der Waals surface area contributed by atoms with E-state index in [1.54, 1.807) is 49.4 Å². The van der Waals surface area contributed by atoms with Gasteiger partial charge < -0.3 is 9.26 Å². The van der Waals surface area contributed by atoms with Gasteiger partial charge in [-0.15, -0.1) is 0 Å². The zero-order chi connectivity index (χ0) is 25.6. The summed E-state index contributed by atoms with van der Waals surface area (Å²) >= 11 is 1.09. The molecule has 3 atom stereocenters. The van der Waals surface area contributed by atoms with Crippen LogP contribution in [0.1, 0.15) is 32.6 Å². The highest BCUT2D eigenvalue weighted by Gasteiger charge is 2.32. The molecule has 12 heteroatoms. The molecule has 1 aliphatic rings. The molecule has 1 N–H and O–H groups in total. The third-order valence-electron chi connectivity index (χ3n) is 4.76. The molecule has 0 bridgehead atoms. The summed E-state index contributed by atoms with van der Waals surface area (Å²) in [7, 11) is -4.06. The SMILES string of the molecule is Cc1cn(C2C=CC(COP(=O)(OCCSC(=O)C(C)(C)C)Oc3ccccc3)O2)c(=O)[nH]c1=O. The van der Waals surface area contributed by atoms with Crippen molar-refractivity contribution in [1.82, 2.24) is 9.55 Å². The molecule has 2 aromatic rings. The highest BCUT2D eigenvalue weighted by molar-refractivity contribution is 8.13. The Kier molecular flexibility index (Phi) is 8.95. The lowest BCUT2D eigenvalue weighted by Gasteiger charge is -2.21. The predicted octanol–water partition coefficient (Wildman–Crippen LogP) is 3.82. The summed E-state index contributed by atoms with van der Waals surface area (Å²) in [6, 6.07) is 8.45. The van der Waals surface area contributed by atoms with Crippen molar-refractivity contribution in [3.05, 3.63) is 75.1 Å². The van der Waals surface area contributed by atoms with Crippen LogP contribution < -0.4 is 15.8 Å². The summed E-state index contributed by atoms with van der Waals surface area (Å²) in [5, 5.41) is -0.0101. The van der Waals surface area contributed by atoms with E-state index in [-0.39, 0.29) is 24.1 Å². The van der Waals surface area contributed by atoms with Gasteiger partial charge in [0.2, 0.25) is 0 Å². The molecule has 1 aromatic heterocycles. The Morgan fingerprint density at radius 3 is 2.57 bits per heavy atom. The van der Waals surface area contributed by atoms with Crippen molar-refractivity contribution < 1.29 is 27.7 Å². The standard InChI is InChI=1S/C23H29N2O8PS/c1-16-14-25(22(28)24-20(16)26)19-11-10-18(32-19)15-31-34(29,33-17-8-6-5-7-9-17)30-12-13-35-21(27)23(2,3)4/h5-11,14,18-19H,12-13,15H2,1-4H3,(H,24,26,28). The van der Waals surface area contributed by atoms with E-state index in [9.17, 15) is 18.9 Å². The van der Waals surface area contributed by atoms with E-state index in [2.05, 4.69) is 4.98 Å². The van der Waals surface area contributed by atoms with Gasteiger partial charge in [-0.3, -0.25) is 28.2 Å². The first kappa shape index (κ1) is 27.2. The lowest BCUT2D eigenvalue weighted by atomic mass is 10.00. The van der Waals surface area contributed by atoms with Gasteiger partial charge in [-0.2, -0.15) is 0 Å². The summed E-state index contributed by atoms with van der Waals surface area (Å²) in [5.74, 6) is 0.572. The fourth-order valence-electron chi connectivity index (χ4n) is 2.88. The largest absolute Gasteiger partial charge is 0.530 e. The topological polar surface area (TPSA) is 126 Å². The second-order valence-corrected chi connectivity index (χ2v) is 11.5. The van der Waals surface area contributed by atoms with Gasteiger partial charge in [0.15, 0.2) is 11.3 Å². The third-order valence-corrected chi connectivity index (χ3v) is 7.40. The molecule has 190 valence electrons. The molecule has 0 radical (unpaired) electrons. The normalized spacial score (nSPS) is 19.4. The monoisotopic (exact) mass is 524 g/mol. The summed E-state index contributed by atoms with van der Waals surface area (Å²) in [6.07, 6.45) is 3.28. The van der Waals surface area contributed by atoms with Crippen LogP contribution in [-0.2, 0) is 23.1 Å². The van der Waals surface area contributed by atoms with E-state index in [4.69, 9.17) is 18.3 Å². The Morgan fingerprint density at radius 2 is 1.89 bits per heavy atom. The molecule has 35 heavy (non-hydrogen) atoms. The number of carbonyl (C=O) groups is 1. The maximum absolute atomic E-state index is 13.3. The summed E-state index contributed by atoms with van der Waals surface area (Å²) in [6.45, 7) is 6.83. The van der Waals surface area contributed by atoms with Crippen LogP contribution in [0.15, 0.2) is 58.3 Å². The summed E-state index contributed by atoms with van der Waals surface area (Å²) in [4.78, 5) is 38.0. The first-order valence-electron chi connectivity index (χ1n) is 10.9. The fraction of sp³-hybridized carbons (Fsp3) is 0.435. The van der Waals surface area contributed by atoms with Crippen molar-refractivity contribution in [3.8, 4) is 5.75 Å². The smallest absolute Gasteiger partial charge is 0.404 e. The number of aromatic amines is 1. The van der Waals surface area contributed by atoms with Crippen molar-refractivity contribution in [3.63, 3.8) is 0 Å². The second kappa shape index (κ2) is 11.5. The van der Waals surface area contributed by atoms with Crippen molar-refractivity contribution in [2.45, 2.75) is 40.0 Å². The maximum atomic E-state index is 13.3. The van der Waals surface area contributed by atoms with E-state index < -0.39 is 36.8 Å². The molecule has 0 spiro atoms. The lowest BCUT2D eigenvalue weighted by Crippen LogP contribution is -2.33. The molecule has 1 aliphatic heterocycles. The third kappa shape index (κ3) is 7.78. The molecule has 10 nitrogen and oxygen atoms in total. The first-order chi connectivity index (χ1) is 16.5. The quantitative estimate of drug-likeness (QED) is 0.280. The summed E-state index contributed by atoms with van der Waals surface area (Å²) in [5.41, 5.74) is -1.22. The van der Waals surface area contributed by atoms with Crippen LogP contribution in [0.5, 0.6) is 5.75 Å². The zero-order valence-corrected chi connectivity index (χ0v) is 21.7. The molecule has 0 saturated carbocycles. The number of aromatic nitrogens is 2. The lowest BCUT2D eigenvalue weighted by molar-refractivity contribution is -0.117. The van der Waals surface area contributed by atoms with Gasteiger partial charge in [0.1, 0.15) is 11.9 Å². The molecule has 0 aliphatic carbocycles. The van der Waals surface area contributed by atoms with Crippen molar-refractivity contribution in [2.75, 3.05) is 19.0 Å². The number of aryl methyl sites for hydroxylation is 1. The van der Waals surface area contributed by atoms with E-state index in [1.807, 2.05) is 20.8 Å². The number of thioether (sulfide) groups is 1. The van der Waals surface area contributed by atoms with Crippen LogP contribution in [0.4, 0.5) is 0 Å². The van der Waals surface area contributed by atoms with Crippen LogP contribution in [-0.4, -0.2) is 39.7 Å². The number of hydrogen-bond donors (Lipinski definition) is 1. The first-order valence-corrected chi connectivity index (χ1v) is 13.4. The van der Waals surface area contributed by atoms with Crippen molar-refractivity contribution >= 4 is 24.7 Å². The highest BCUT2D eigenvalue weighted by Crippen LogP contribution is 2.50. The average molecular weight is 525 g/mol. The number of carbonyl (C=O) groups excluding carboxylic acids is 1. The van der Waals surface area contributed by atoms with Crippen LogP contribution in [0.3, 0.4) is 0 Å². The Balaban J connectivity index is 1.61. The Morgan fingerprint density at radius 1 is 1.17 bits per heavy atom. The number of benzene rings is 1. The minimum atomic E-state index is -4.06. The van der Waals surface area contributed by atoms with E-state index in [0.717, 1.165) is 11.8 Å². The Labute approximate surface area is 207 Å². The molecular formula is C23H29N2O8PS. The average Bonchev–Trinajstić information content (AvgIpc) is 3.27. The Hall–Kier alpha value is -2.43. The molecule has 0 amide bonds. The molecule has 3 unspecified atom stereocenters. The van der Waals surface area contributed by atoms with E-state index >= 15 is 0 Å². The number of phosphoric acid groups is 1. The van der Waals surface area contributed by atoms with E-state index in [1.165, 1.54) is 10.8 Å². The molecule has 3 rings (SSSR count). The molecule has 1 aromatic carbocycles. The minimum Gasteiger partial charge on any atom is -0.404 e. The van der Waals surface area contributed by atoms with Gasteiger partial charge in [0.05, 0.1) is 13.2 Å². The van der Waals surface area contributed by atoms with Crippen LogP contribution >= 0.6 is 19.6 Å². The number of rotatable bonds is 10. The number of H-pyrrole nitrogens is 1. The van der Waals surface area contributed by atoms with E-state index in [0.29, 0.717) is 11.3 Å². The maximum Gasteiger partial charge on any atom is 0.530 e. The number of para-hydroxylation sites is 1. The zero-order valence-electron chi connectivity index (χ0n) is 20.0. The van der Waals surface area contributed by atoms with Crippen LogP contribution in [0.2, 0.25) is 0 Å². The van der Waals surface area contributed by atoms with Gasteiger partial charge in [-0.1, -0.05) is 56.8 Å². The van der Waals surface area contributed by atoms with Crippen molar-refractivity contribution in [1.29, 1.82) is 0 Å². The highest BCUT2D eigenvalue weighted by atomic mass is 32.2. The molecular weight excluding hydrogens is 495 g/mol. The second-order valence-electron chi connectivity index (χ2n) is 8.80. The number of nitrogens with one attached hydrogen (secondary N) is 1. The Bertz CT molecular complexity index is 1220. The number of ether oxygens (including phenoxy) is 1. The molecule has 0 saturated heterocycles.